The number of hydrogen-bond donors (Lipinski definition) is 1. The summed E-state index contributed by atoms with van der Waals surface area (Å²) in [5, 5.41) is 0. The largest absolute Gasteiger partial charge is 0.366 e. The zero-order valence-corrected chi connectivity index (χ0v) is 6.81. The number of hydrogen-bond acceptors (Lipinski definition) is 1. The topological polar surface area (TPSA) is 43.1 Å². The van der Waals surface area contributed by atoms with Crippen molar-refractivity contribution in [3.05, 3.63) is 11.6 Å². The van der Waals surface area contributed by atoms with Crippen molar-refractivity contribution in [3.8, 4) is 0 Å². The number of primary amides is 1. The van der Waals surface area contributed by atoms with E-state index in [9.17, 15) is 22.4 Å². The Bertz CT molecular complexity index is 217. The highest BCUT2D eigenvalue weighted by atomic mass is 19.3. The number of carbonyl (C=O) groups is 1. The first kappa shape index (κ1) is 11.9. The molecular formula is C7H9F4NO. The number of alkyl halides is 4. The maximum absolute atomic E-state index is 12.5. The molecule has 13 heavy (non-hydrogen) atoms. The van der Waals surface area contributed by atoms with E-state index >= 15 is 0 Å². The van der Waals surface area contributed by atoms with Crippen LogP contribution in [0.3, 0.4) is 0 Å². The van der Waals surface area contributed by atoms with Crippen molar-refractivity contribution >= 4 is 5.91 Å². The summed E-state index contributed by atoms with van der Waals surface area (Å²) in [6.45, 7) is 1.12. The average Bonchev–Trinajstić information content (AvgIpc) is 2.02. The Balaban J connectivity index is 4.36. The number of carbonyl (C=O) groups excluding carboxylic acids is 1. The van der Waals surface area contributed by atoms with Crippen LogP contribution >= 0.6 is 0 Å². The van der Waals surface area contributed by atoms with Gasteiger partial charge in [-0.3, -0.25) is 4.79 Å². The SMILES string of the molecule is CC(=CC(F)C(F)C(F)F)C(N)=O. The van der Waals surface area contributed by atoms with Crippen LogP contribution < -0.4 is 5.73 Å². The zero-order chi connectivity index (χ0) is 10.6. The van der Waals surface area contributed by atoms with Gasteiger partial charge >= 0.3 is 0 Å². The monoisotopic (exact) mass is 199 g/mol. The summed E-state index contributed by atoms with van der Waals surface area (Å²) in [5.41, 5.74) is 4.40. The molecule has 0 saturated carbocycles. The second-order valence-corrected chi connectivity index (χ2v) is 2.44. The van der Waals surface area contributed by atoms with Gasteiger partial charge in [-0.1, -0.05) is 0 Å². The molecule has 2 nitrogen and oxygen atoms in total. The summed E-state index contributed by atoms with van der Waals surface area (Å²) < 4.78 is 47.9. The van der Waals surface area contributed by atoms with Crippen LogP contribution in [0.5, 0.6) is 0 Å². The second kappa shape index (κ2) is 4.84. The molecule has 2 atom stereocenters. The summed E-state index contributed by atoms with van der Waals surface area (Å²) in [4.78, 5) is 10.3. The van der Waals surface area contributed by atoms with Crippen LogP contribution in [0.1, 0.15) is 6.92 Å². The van der Waals surface area contributed by atoms with Gasteiger partial charge in [-0.15, -0.1) is 0 Å². The van der Waals surface area contributed by atoms with Crippen molar-refractivity contribution in [2.45, 2.75) is 25.7 Å². The van der Waals surface area contributed by atoms with Gasteiger partial charge in [0.2, 0.25) is 5.91 Å². The molecule has 0 spiro atoms. The van der Waals surface area contributed by atoms with Gasteiger partial charge in [0.25, 0.3) is 6.43 Å². The molecule has 0 heterocycles. The summed E-state index contributed by atoms with van der Waals surface area (Å²) in [7, 11) is 0. The van der Waals surface area contributed by atoms with Crippen molar-refractivity contribution in [2.24, 2.45) is 5.73 Å². The lowest BCUT2D eigenvalue weighted by molar-refractivity contribution is -0.114. The van der Waals surface area contributed by atoms with Crippen LogP contribution in [0, 0.1) is 0 Å². The summed E-state index contributed by atoms with van der Waals surface area (Å²) >= 11 is 0. The van der Waals surface area contributed by atoms with Gasteiger partial charge in [0.1, 0.15) is 0 Å². The highest BCUT2D eigenvalue weighted by Crippen LogP contribution is 2.15. The molecule has 0 aromatic carbocycles. The molecule has 2 N–H and O–H groups in total. The third-order valence-electron chi connectivity index (χ3n) is 1.34. The van der Waals surface area contributed by atoms with Crippen molar-refractivity contribution in [3.63, 3.8) is 0 Å². The Kier molecular flexibility index (Phi) is 4.44. The van der Waals surface area contributed by atoms with Crippen LogP contribution in [0.4, 0.5) is 17.6 Å². The molecule has 0 fully saturated rings. The third-order valence-corrected chi connectivity index (χ3v) is 1.34. The van der Waals surface area contributed by atoms with E-state index in [2.05, 4.69) is 5.73 Å². The molecule has 0 saturated heterocycles. The van der Waals surface area contributed by atoms with Crippen LogP contribution in [-0.2, 0) is 4.79 Å². The fourth-order valence-electron chi connectivity index (χ4n) is 0.552. The Morgan fingerprint density at radius 3 is 2.08 bits per heavy atom. The van der Waals surface area contributed by atoms with Crippen molar-refractivity contribution < 1.29 is 22.4 Å². The molecule has 0 aliphatic carbocycles. The van der Waals surface area contributed by atoms with E-state index in [-0.39, 0.29) is 5.57 Å². The quantitative estimate of drug-likeness (QED) is 0.539. The minimum absolute atomic E-state index is 0.282. The van der Waals surface area contributed by atoms with Crippen molar-refractivity contribution in [2.75, 3.05) is 0 Å². The molecule has 0 bridgehead atoms. The van der Waals surface area contributed by atoms with E-state index in [4.69, 9.17) is 0 Å². The fourth-order valence-corrected chi connectivity index (χ4v) is 0.552. The number of nitrogens with two attached hydrogens (primary N) is 1. The Morgan fingerprint density at radius 2 is 1.77 bits per heavy atom. The zero-order valence-electron chi connectivity index (χ0n) is 6.81. The molecule has 1 amide bonds. The minimum atomic E-state index is -3.41. The summed E-state index contributed by atoms with van der Waals surface area (Å²) in [6.07, 6.45) is -8.40. The first-order valence-electron chi connectivity index (χ1n) is 3.40. The lowest BCUT2D eigenvalue weighted by Crippen LogP contribution is -2.24. The maximum atomic E-state index is 12.5. The molecule has 76 valence electrons. The van der Waals surface area contributed by atoms with Gasteiger partial charge in [0.05, 0.1) is 0 Å². The number of allylic oxidation sites excluding steroid dienone is 1. The van der Waals surface area contributed by atoms with E-state index in [1.807, 2.05) is 0 Å². The molecule has 0 aliphatic rings. The molecule has 6 heteroatoms. The first-order chi connectivity index (χ1) is 5.86. The fraction of sp³-hybridized carbons (Fsp3) is 0.571. The standard InChI is InChI=1S/C7H9F4NO/c1-3(7(12)13)2-4(8)5(9)6(10)11/h2,4-6H,1H3,(H2,12,13). The number of halogens is 4. The Morgan fingerprint density at radius 1 is 1.31 bits per heavy atom. The predicted molar refractivity (Wildman–Crippen MR) is 38.7 cm³/mol. The van der Waals surface area contributed by atoms with Gasteiger partial charge < -0.3 is 5.73 Å². The van der Waals surface area contributed by atoms with Crippen LogP contribution in [0.15, 0.2) is 11.6 Å². The first-order valence-corrected chi connectivity index (χ1v) is 3.40. The van der Waals surface area contributed by atoms with E-state index in [0.29, 0.717) is 6.08 Å². The lowest BCUT2D eigenvalue weighted by Gasteiger charge is -2.08. The molecular weight excluding hydrogens is 190 g/mol. The minimum Gasteiger partial charge on any atom is -0.366 e. The molecule has 0 aromatic rings. The van der Waals surface area contributed by atoms with Crippen LogP contribution in [0.2, 0.25) is 0 Å². The van der Waals surface area contributed by atoms with E-state index < -0.39 is 24.7 Å². The maximum Gasteiger partial charge on any atom is 0.272 e. The normalized spacial score (nSPS) is 17.2. The van der Waals surface area contributed by atoms with Crippen molar-refractivity contribution in [1.82, 2.24) is 0 Å². The molecule has 0 rings (SSSR count). The molecule has 0 radical (unpaired) electrons. The van der Waals surface area contributed by atoms with E-state index in [1.54, 1.807) is 0 Å². The van der Waals surface area contributed by atoms with Crippen molar-refractivity contribution in [1.29, 1.82) is 0 Å². The van der Waals surface area contributed by atoms with Crippen LogP contribution in [-0.4, -0.2) is 24.7 Å². The second-order valence-electron chi connectivity index (χ2n) is 2.44. The highest BCUT2D eigenvalue weighted by Gasteiger charge is 2.28. The van der Waals surface area contributed by atoms with E-state index in [0.717, 1.165) is 6.92 Å². The van der Waals surface area contributed by atoms with Gasteiger partial charge in [-0.2, -0.15) is 0 Å². The Hall–Kier alpha value is -1.07. The summed E-state index contributed by atoms with van der Waals surface area (Å²) in [6, 6.07) is 0. The highest BCUT2D eigenvalue weighted by molar-refractivity contribution is 5.91. The average molecular weight is 199 g/mol. The molecule has 2 unspecified atom stereocenters. The van der Waals surface area contributed by atoms with Crippen LogP contribution in [0.25, 0.3) is 0 Å². The van der Waals surface area contributed by atoms with E-state index in [1.165, 1.54) is 0 Å². The lowest BCUT2D eigenvalue weighted by atomic mass is 10.1. The number of amides is 1. The molecule has 0 aromatic heterocycles. The number of rotatable bonds is 4. The molecule has 0 aliphatic heterocycles. The third kappa shape index (κ3) is 3.91. The van der Waals surface area contributed by atoms with Gasteiger partial charge in [0, 0.05) is 5.57 Å². The Labute approximate surface area is 72.4 Å². The van der Waals surface area contributed by atoms with Gasteiger partial charge in [-0.05, 0) is 13.0 Å². The summed E-state index contributed by atoms with van der Waals surface area (Å²) in [5.74, 6) is -0.968. The smallest absolute Gasteiger partial charge is 0.272 e. The predicted octanol–water partition coefficient (Wildman–Crippen LogP) is 1.36. The van der Waals surface area contributed by atoms with Gasteiger partial charge in [-0.25, -0.2) is 17.6 Å². The van der Waals surface area contributed by atoms with Gasteiger partial charge in [0.15, 0.2) is 12.3 Å².